The van der Waals surface area contributed by atoms with Gasteiger partial charge < -0.3 is 9.84 Å². The molecule has 0 saturated carbocycles. The summed E-state index contributed by atoms with van der Waals surface area (Å²) in [5, 5.41) is 23.5. The Morgan fingerprint density at radius 1 is 1.22 bits per heavy atom. The molecule has 0 amide bonds. The maximum Gasteiger partial charge on any atom is 0.269 e. The van der Waals surface area contributed by atoms with Gasteiger partial charge in [0.1, 0.15) is 12.4 Å². The number of ether oxygens (including phenoxy) is 1. The first kappa shape index (κ1) is 16.4. The van der Waals surface area contributed by atoms with E-state index in [-0.39, 0.29) is 18.9 Å². The lowest BCUT2D eigenvalue weighted by Gasteiger charge is -2.06. The molecule has 0 bridgehead atoms. The second-order valence-corrected chi connectivity index (χ2v) is 4.71. The quantitative estimate of drug-likeness (QED) is 0.465. The molecule has 0 aliphatic carbocycles. The summed E-state index contributed by atoms with van der Waals surface area (Å²) < 4.78 is 5.29. The molecule has 0 aliphatic rings. The fourth-order valence-corrected chi connectivity index (χ4v) is 1.83. The third kappa shape index (κ3) is 4.79. The number of aliphatic hydroxyl groups excluding tert-OH is 1. The Morgan fingerprint density at radius 3 is 2.43 bits per heavy atom. The second-order valence-electron chi connectivity index (χ2n) is 4.71. The third-order valence-electron chi connectivity index (χ3n) is 3.06. The SMILES string of the molecule is CC(=NNc1ccc([N+](=O)[O-])cc1)c1ccc(OCCO)cc1. The van der Waals surface area contributed by atoms with Crippen LogP contribution in [-0.2, 0) is 0 Å². The Kier molecular flexibility index (Phi) is 5.65. The molecule has 120 valence electrons. The fourth-order valence-electron chi connectivity index (χ4n) is 1.83. The van der Waals surface area contributed by atoms with E-state index in [2.05, 4.69) is 10.5 Å². The Morgan fingerprint density at radius 2 is 1.87 bits per heavy atom. The highest BCUT2D eigenvalue weighted by atomic mass is 16.6. The number of nitrogens with one attached hydrogen (secondary N) is 1. The van der Waals surface area contributed by atoms with Crippen molar-refractivity contribution in [3.05, 3.63) is 64.2 Å². The molecule has 0 aromatic heterocycles. The van der Waals surface area contributed by atoms with Crippen LogP contribution in [0.2, 0.25) is 0 Å². The van der Waals surface area contributed by atoms with Gasteiger partial charge in [-0.15, -0.1) is 0 Å². The molecule has 0 heterocycles. The molecule has 0 saturated heterocycles. The number of nitro groups is 1. The van der Waals surface area contributed by atoms with Crippen LogP contribution in [0.5, 0.6) is 5.75 Å². The molecule has 2 aromatic carbocycles. The van der Waals surface area contributed by atoms with E-state index in [0.29, 0.717) is 11.4 Å². The molecule has 0 unspecified atom stereocenters. The summed E-state index contributed by atoms with van der Waals surface area (Å²) in [5.74, 6) is 0.680. The van der Waals surface area contributed by atoms with Crippen molar-refractivity contribution in [2.24, 2.45) is 5.10 Å². The first-order valence-electron chi connectivity index (χ1n) is 6.99. The van der Waals surface area contributed by atoms with Gasteiger partial charge in [-0.3, -0.25) is 15.5 Å². The van der Waals surface area contributed by atoms with E-state index < -0.39 is 4.92 Å². The maximum absolute atomic E-state index is 10.6. The van der Waals surface area contributed by atoms with Gasteiger partial charge in [-0.2, -0.15) is 5.10 Å². The van der Waals surface area contributed by atoms with Crippen LogP contribution in [0.25, 0.3) is 0 Å². The normalized spacial score (nSPS) is 11.1. The highest BCUT2D eigenvalue weighted by Gasteiger charge is 2.03. The predicted molar refractivity (Wildman–Crippen MR) is 88.0 cm³/mol. The summed E-state index contributed by atoms with van der Waals surface area (Å²) in [7, 11) is 0. The standard InChI is InChI=1S/C16H17N3O4/c1-12(13-2-8-16(9-3-13)23-11-10-20)17-18-14-4-6-15(7-5-14)19(21)22/h2-9,18,20H,10-11H2,1H3. The molecule has 0 aliphatic heterocycles. The summed E-state index contributed by atoms with van der Waals surface area (Å²) in [6.07, 6.45) is 0. The molecule has 0 atom stereocenters. The summed E-state index contributed by atoms with van der Waals surface area (Å²) in [6.45, 7) is 2.08. The van der Waals surface area contributed by atoms with Crippen molar-refractivity contribution in [2.75, 3.05) is 18.6 Å². The summed E-state index contributed by atoms with van der Waals surface area (Å²) in [6, 6.07) is 13.4. The van der Waals surface area contributed by atoms with Crippen molar-refractivity contribution in [3.63, 3.8) is 0 Å². The minimum Gasteiger partial charge on any atom is -0.491 e. The molecule has 0 spiro atoms. The highest BCUT2D eigenvalue weighted by Crippen LogP contribution is 2.16. The topological polar surface area (TPSA) is 97.0 Å². The first-order valence-corrected chi connectivity index (χ1v) is 6.99. The van der Waals surface area contributed by atoms with E-state index >= 15 is 0 Å². The van der Waals surface area contributed by atoms with Gasteiger partial charge in [0, 0.05) is 12.1 Å². The van der Waals surface area contributed by atoms with Crippen molar-refractivity contribution < 1.29 is 14.8 Å². The Balaban J connectivity index is 2.00. The summed E-state index contributed by atoms with van der Waals surface area (Å²) in [4.78, 5) is 10.1. The largest absolute Gasteiger partial charge is 0.491 e. The van der Waals surface area contributed by atoms with Crippen LogP contribution >= 0.6 is 0 Å². The zero-order valence-corrected chi connectivity index (χ0v) is 12.6. The van der Waals surface area contributed by atoms with E-state index in [1.165, 1.54) is 12.1 Å². The first-order chi connectivity index (χ1) is 11.1. The third-order valence-corrected chi connectivity index (χ3v) is 3.06. The van der Waals surface area contributed by atoms with Gasteiger partial charge in [-0.05, 0) is 48.9 Å². The van der Waals surface area contributed by atoms with E-state index in [0.717, 1.165) is 11.3 Å². The number of anilines is 1. The summed E-state index contributed by atoms with van der Waals surface area (Å²) in [5.41, 5.74) is 5.23. The number of hydrogen-bond acceptors (Lipinski definition) is 6. The van der Waals surface area contributed by atoms with Gasteiger partial charge in [0.25, 0.3) is 5.69 Å². The van der Waals surface area contributed by atoms with E-state index in [4.69, 9.17) is 9.84 Å². The number of non-ortho nitro benzene ring substituents is 1. The minimum absolute atomic E-state index is 0.0264. The van der Waals surface area contributed by atoms with E-state index in [1.54, 1.807) is 24.3 Å². The smallest absolute Gasteiger partial charge is 0.269 e. The summed E-state index contributed by atoms with van der Waals surface area (Å²) >= 11 is 0. The number of nitrogens with zero attached hydrogens (tertiary/aromatic N) is 2. The van der Waals surface area contributed by atoms with Crippen LogP contribution in [0.1, 0.15) is 12.5 Å². The predicted octanol–water partition coefficient (Wildman–Crippen LogP) is 2.80. The van der Waals surface area contributed by atoms with Crippen molar-refractivity contribution >= 4 is 17.1 Å². The number of benzene rings is 2. The highest BCUT2D eigenvalue weighted by molar-refractivity contribution is 5.99. The fraction of sp³-hybridized carbons (Fsp3) is 0.188. The lowest BCUT2D eigenvalue weighted by Crippen LogP contribution is -2.03. The van der Waals surface area contributed by atoms with Crippen molar-refractivity contribution in [1.29, 1.82) is 0 Å². The molecule has 2 aromatic rings. The van der Waals surface area contributed by atoms with Crippen molar-refractivity contribution in [3.8, 4) is 5.75 Å². The zero-order chi connectivity index (χ0) is 16.7. The van der Waals surface area contributed by atoms with Crippen LogP contribution in [0.4, 0.5) is 11.4 Å². The van der Waals surface area contributed by atoms with E-state index in [1.807, 2.05) is 19.1 Å². The lowest BCUT2D eigenvalue weighted by molar-refractivity contribution is -0.384. The number of hydrogen-bond donors (Lipinski definition) is 2. The zero-order valence-electron chi connectivity index (χ0n) is 12.6. The number of rotatable bonds is 7. The lowest BCUT2D eigenvalue weighted by atomic mass is 10.1. The number of aliphatic hydroxyl groups is 1. The van der Waals surface area contributed by atoms with Gasteiger partial charge >= 0.3 is 0 Å². The van der Waals surface area contributed by atoms with Gasteiger partial charge in [-0.1, -0.05) is 0 Å². The van der Waals surface area contributed by atoms with Crippen LogP contribution < -0.4 is 10.2 Å². The van der Waals surface area contributed by atoms with Gasteiger partial charge in [0.2, 0.25) is 0 Å². The van der Waals surface area contributed by atoms with Crippen LogP contribution in [0.3, 0.4) is 0 Å². The van der Waals surface area contributed by atoms with Gasteiger partial charge in [-0.25, -0.2) is 0 Å². The molecule has 0 radical (unpaired) electrons. The molecule has 23 heavy (non-hydrogen) atoms. The maximum atomic E-state index is 10.6. The average Bonchev–Trinajstić information content (AvgIpc) is 2.58. The van der Waals surface area contributed by atoms with Gasteiger partial charge in [0.05, 0.1) is 22.9 Å². The Hall–Kier alpha value is -2.93. The number of hydrazone groups is 1. The van der Waals surface area contributed by atoms with Crippen LogP contribution in [0.15, 0.2) is 53.6 Å². The van der Waals surface area contributed by atoms with Gasteiger partial charge in [0.15, 0.2) is 0 Å². The molecule has 7 nitrogen and oxygen atoms in total. The molecular formula is C16H17N3O4. The Labute approximate surface area is 133 Å². The van der Waals surface area contributed by atoms with Crippen molar-refractivity contribution in [1.82, 2.24) is 0 Å². The molecule has 2 N–H and O–H groups in total. The van der Waals surface area contributed by atoms with E-state index in [9.17, 15) is 10.1 Å². The average molecular weight is 315 g/mol. The molecule has 0 fully saturated rings. The minimum atomic E-state index is -0.446. The van der Waals surface area contributed by atoms with Crippen LogP contribution in [0, 0.1) is 10.1 Å². The Bertz CT molecular complexity index is 681. The monoisotopic (exact) mass is 315 g/mol. The molecule has 7 heteroatoms. The molecule has 2 rings (SSSR count). The number of nitro benzene ring substituents is 1. The second kappa shape index (κ2) is 7.90. The molecular weight excluding hydrogens is 298 g/mol. The van der Waals surface area contributed by atoms with Crippen LogP contribution in [-0.4, -0.2) is 29.0 Å². The van der Waals surface area contributed by atoms with Crippen molar-refractivity contribution in [2.45, 2.75) is 6.92 Å².